The lowest BCUT2D eigenvalue weighted by molar-refractivity contribution is -0.357. The molecule has 4 nitrogen and oxygen atoms in total. The first-order chi connectivity index (χ1) is 4.98. The fourth-order valence-electron chi connectivity index (χ4n) is 0.516. The van der Waals surface area contributed by atoms with Gasteiger partial charge in [0.1, 0.15) is 6.10 Å². The molecule has 0 saturated carbocycles. The number of ether oxygens (including phenoxy) is 1. The molecule has 1 unspecified atom stereocenters. The molecule has 0 aliphatic heterocycles. The van der Waals surface area contributed by atoms with E-state index >= 15 is 0 Å². The maximum Gasteiger partial charge on any atom is 0.302 e. The van der Waals surface area contributed by atoms with Gasteiger partial charge in [-0.05, 0) is 13.3 Å². The van der Waals surface area contributed by atoms with Crippen LogP contribution in [0.15, 0.2) is 0 Å². The molecular formula is C7H16O4. The minimum atomic E-state index is -2.71. The highest BCUT2D eigenvalue weighted by Gasteiger charge is 2.28. The van der Waals surface area contributed by atoms with Crippen molar-refractivity contribution in [1.29, 1.82) is 0 Å². The van der Waals surface area contributed by atoms with Crippen molar-refractivity contribution in [2.24, 2.45) is 0 Å². The Morgan fingerprint density at radius 1 is 1.36 bits per heavy atom. The van der Waals surface area contributed by atoms with Gasteiger partial charge in [-0.15, -0.1) is 0 Å². The van der Waals surface area contributed by atoms with Gasteiger partial charge in [0.05, 0.1) is 0 Å². The normalized spacial score (nSPS) is 15.0. The average Bonchev–Trinajstić information content (AvgIpc) is 1.86. The molecule has 0 aromatic heterocycles. The van der Waals surface area contributed by atoms with Gasteiger partial charge in [-0.3, -0.25) is 0 Å². The Balaban J connectivity index is 3.44. The summed E-state index contributed by atoms with van der Waals surface area (Å²) in [4.78, 5) is 0. The summed E-state index contributed by atoms with van der Waals surface area (Å²) in [7, 11) is 0. The van der Waals surface area contributed by atoms with E-state index in [1.165, 1.54) is 6.92 Å². The van der Waals surface area contributed by atoms with Crippen molar-refractivity contribution in [1.82, 2.24) is 0 Å². The highest BCUT2D eigenvalue weighted by molar-refractivity contribution is 4.57. The minimum Gasteiger partial charge on any atom is -0.370 e. The van der Waals surface area contributed by atoms with Crippen LogP contribution < -0.4 is 0 Å². The topological polar surface area (TPSA) is 69.9 Å². The molecule has 0 aromatic rings. The summed E-state index contributed by atoms with van der Waals surface area (Å²) in [6.07, 6.45) is 0.858. The SMILES string of the molecule is CCCCOC(C)C(O)(O)O. The lowest BCUT2D eigenvalue weighted by atomic mass is 10.3. The van der Waals surface area contributed by atoms with E-state index in [0.717, 1.165) is 12.8 Å². The Morgan fingerprint density at radius 2 is 1.91 bits per heavy atom. The first-order valence-corrected chi connectivity index (χ1v) is 3.77. The average molecular weight is 164 g/mol. The Kier molecular flexibility index (Phi) is 4.60. The maximum atomic E-state index is 8.57. The maximum absolute atomic E-state index is 8.57. The van der Waals surface area contributed by atoms with E-state index in [-0.39, 0.29) is 0 Å². The van der Waals surface area contributed by atoms with Crippen LogP contribution in [0.1, 0.15) is 26.7 Å². The lowest BCUT2D eigenvalue weighted by Gasteiger charge is -2.22. The van der Waals surface area contributed by atoms with Crippen molar-refractivity contribution in [2.45, 2.75) is 38.8 Å². The largest absolute Gasteiger partial charge is 0.370 e. The predicted molar refractivity (Wildman–Crippen MR) is 39.7 cm³/mol. The molecule has 11 heavy (non-hydrogen) atoms. The monoisotopic (exact) mass is 164 g/mol. The highest BCUT2D eigenvalue weighted by Crippen LogP contribution is 2.06. The van der Waals surface area contributed by atoms with Gasteiger partial charge < -0.3 is 20.1 Å². The van der Waals surface area contributed by atoms with Crippen LogP contribution in [0.5, 0.6) is 0 Å². The van der Waals surface area contributed by atoms with Crippen LogP contribution in [-0.2, 0) is 4.74 Å². The molecule has 0 saturated heterocycles. The summed E-state index contributed by atoms with van der Waals surface area (Å²) in [5.74, 6) is -2.71. The third kappa shape index (κ3) is 5.15. The van der Waals surface area contributed by atoms with E-state index in [1.54, 1.807) is 0 Å². The van der Waals surface area contributed by atoms with Crippen LogP contribution in [0.2, 0.25) is 0 Å². The zero-order chi connectivity index (χ0) is 8.91. The van der Waals surface area contributed by atoms with E-state index < -0.39 is 12.1 Å². The van der Waals surface area contributed by atoms with E-state index in [2.05, 4.69) is 0 Å². The highest BCUT2D eigenvalue weighted by atomic mass is 16.7. The standard InChI is InChI=1S/C7H16O4/c1-3-4-5-11-6(2)7(8,9)10/h6,8-10H,3-5H2,1-2H3. The van der Waals surface area contributed by atoms with Crippen LogP contribution in [0.4, 0.5) is 0 Å². The van der Waals surface area contributed by atoms with Crippen LogP contribution in [0.3, 0.4) is 0 Å². The molecule has 0 radical (unpaired) electrons. The molecule has 3 N–H and O–H groups in total. The Hall–Kier alpha value is -0.160. The Bertz CT molecular complexity index is 97.1. The third-order valence-electron chi connectivity index (χ3n) is 1.41. The second-order valence-corrected chi connectivity index (χ2v) is 2.55. The van der Waals surface area contributed by atoms with Gasteiger partial charge in [-0.1, -0.05) is 13.3 Å². The molecule has 0 heterocycles. The second kappa shape index (κ2) is 4.66. The van der Waals surface area contributed by atoms with Crippen molar-refractivity contribution in [3.63, 3.8) is 0 Å². The van der Waals surface area contributed by atoms with Gasteiger partial charge >= 0.3 is 5.97 Å². The number of hydrogen-bond acceptors (Lipinski definition) is 4. The van der Waals surface area contributed by atoms with Gasteiger partial charge in [0, 0.05) is 6.61 Å². The van der Waals surface area contributed by atoms with E-state index in [4.69, 9.17) is 20.1 Å². The number of aliphatic hydroxyl groups is 3. The molecule has 0 aliphatic carbocycles. The molecule has 0 fully saturated rings. The summed E-state index contributed by atoms with van der Waals surface area (Å²) in [6.45, 7) is 3.83. The molecule has 0 aliphatic rings. The van der Waals surface area contributed by atoms with Crippen molar-refractivity contribution in [3.05, 3.63) is 0 Å². The minimum absolute atomic E-state index is 0.432. The number of rotatable bonds is 5. The molecule has 4 heteroatoms. The van der Waals surface area contributed by atoms with Gasteiger partial charge in [-0.25, -0.2) is 0 Å². The number of unbranched alkanes of at least 4 members (excludes halogenated alkanes) is 1. The summed E-state index contributed by atoms with van der Waals surface area (Å²) in [5, 5.41) is 25.7. The zero-order valence-corrected chi connectivity index (χ0v) is 6.95. The summed E-state index contributed by atoms with van der Waals surface area (Å²) < 4.78 is 4.90. The van der Waals surface area contributed by atoms with Gasteiger partial charge in [0.25, 0.3) is 0 Å². The quantitative estimate of drug-likeness (QED) is 0.389. The first kappa shape index (κ1) is 10.8. The second-order valence-electron chi connectivity index (χ2n) is 2.55. The molecule has 0 amide bonds. The molecule has 68 valence electrons. The van der Waals surface area contributed by atoms with Gasteiger partial charge in [0.2, 0.25) is 0 Å². The predicted octanol–water partition coefficient (Wildman–Crippen LogP) is -0.178. The molecular weight excluding hydrogens is 148 g/mol. The van der Waals surface area contributed by atoms with E-state index in [0.29, 0.717) is 6.61 Å². The molecule has 0 rings (SSSR count). The fraction of sp³-hybridized carbons (Fsp3) is 1.00. The Morgan fingerprint density at radius 3 is 2.27 bits per heavy atom. The van der Waals surface area contributed by atoms with E-state index in [9.17, 15) is 0 Å². The van der Waals surface area contributed by atoms with Crippen molar-refractivity contribution in [2.75, 3.05) is 6.61 Å². The zero-order valence-electron chi connectivity index (χ0n) is 6.95. The fourth-order valence-corrected chi connectivity index (χ4v) is 0.516. The Labute approximate surface area is 66.4 Å². The molecule has 0 aromatic carbocycles. The van der Waals surface area contributed by atoms with Crippen molar-refractivity contribution in [3.8, 4) is 0 Å². The van der Waals surface area contributed by atoms with Crippen LogP contribution >= 0.6 is 0 Å². The number of hydrogen-bond donors (Lipinski definition) is 3. The smallest absolute Gasteiger partial charge is 0.302 e. The summed E-state index contributed by atoms with van der Waals surface area (Å²) >= 11 is 0. The van der Waals surface area contributed by atoms with Crippen LogP contribution in [-0.4, -0.2) is 34.0 Å². The van der Waals surface area contributed by atoms with E-state index in [1.807, 2.05) is 6.92 Å². The summed E-state index contributed by atoms with van der Waals surface area (Å²) in [5.41, 5.74) is 0. The lowest BCUT2D eigenvalue weighted by Crippen LogP contribution is -2.41. The molecule has 1 atom stereocenters. The van der Waals surface area contributed by atoms with Gasteiger partial charge in [-0.2, -0.15) is 0 Å². The van der Waals surface area contributed by atoms with Crippen molar-refractivity contribution >= 4 is 0 Å². The molecule has 0 bridgehead atoms. The summed E-state index contributed by atoms with van der Waals surface area (Å²) in [6, 6.07) is 0. The van der Waals surface area contributed by atoms with Crippen LogP contribution in [0.25, 0.3) is 0 Å². The third-order valence-corrected chi connectivity index (χ3v) is 1.41. The van der Waals surface area contributed by atoms with Crippen molar-refractivity contribution < 1.29 is 20.1 Å². The van der Waals surface area contributed by atoms with Crippen LogP contribution in [0, 0.1) is 0 Å². The van der Waals surface area contributed by atoms with Gasteiger partial charge in [0.15, 0.2) is 0 Å². The first-order valence-electron chi connectivity index (χ1n) is 3.77. The molecule has 0 spiro atoms.